The predicted octanol–water partition coefficient (Wildman–Crippen LogP) is 2.08. The maximum Gasteiger partial charge on any atom is 0.276 e. The standard InChI is InChI=1S/C21H22N4O3S/c1-3-11-29-21-23-20(27)18-14-7-5-6-8-15(14)22-19(25(18)24-21)13-9-10-16(26)17(12-13)28-4-2/h5-10,12,19,26H,3-4,11H2,1-2H3,(H,23,24,27). The molecule has 0 aliphatic carbocycles. The average molecular weight is 410 g/mol. The van der Waals surface area contributed by atoms with Crippen LogP contribution in [0.25, 0.3) is 5.70 Å². The fourth-order valence-electron chi connectivity index (χ4n) is 3.27. The molecule has 0 spiro atoms. The van der Waals surface area contributed by atoms with Crippen molar-refractivity contribution in [3.8, 4) is 11.5 Å². The van der Waals surface area contributed by atoms with E-state index < -0.39 is 6.17 Å². The predicted molar refractivity (Wildman–Crippen MR) is 113 cm³/mol. The Bertz CT molecular complexity index is 1100. The number of amidine groups is 1. The van der Waals surface area contributed by atoms with Crippen LogP contribution in [0.5, 0.6) is 11.5 Å². The summed E-state index contributed by atoms with van der Waals surface area (Å²) in [4.78, 5) is 17.8. The molecule has 1 unspecified atom stereocenters. The summed E-state index contributed by atoms with van der Waals surface area (Å²) in [5.74, 6) is 1.10. The molecule has 2 aromatic carbocycles. The molecule has 7 nitrogen and oxygen atoms in total. The van der Waals surface area contributed by atoms with Crippen LogP contribution in [-0.2, 0) is 4.79 Å². The normalized spacial score (nSPS) is 17.7. The minimum atomic E-state index is -0.539. The number of phenolic OH excluding ortho intramolecular Hbond substituents is 1. The Hall–Kier alpha value is -3.00. The van der Waals surface area contributed by atoms with E-state index in [-0.39, 0.29) is 11.7 Å². The number of ether oxygens (including phenoxy) is 1. The molecule has 2 aromatic rings. The van der Waals surface area contributed by atoms with Crippen molar-refractivity contribution >= 4 is 28.5 Å². The fraction of sp³-hybridized carbons (Fsp3) is 0.286. The maximum atomic E-state index is 13.0. The topological polar surface area (TPSA) is 86.5 Å². The highest BCUT2D eigenvalue weighted by Crippen LogP contribution is 2.35. The molecule has 4 rings (SSSR count). The van der Waals surface area contributed by atoms with E-state index in [9.17, 15) is 9.90 Å². The number of thioether (sulfide) groups is 1. The second-order valence-electron chi connectivity index (χ2n) is 6.58. The zero-order valence-corrected chi connectivity index (χ0v) is 17.1. The van der Waals surface area contributed by atoms with E-state index in [1.54, 1.807) is 23.2 Å². The highest BCUT2D eigenvalue weighted by atomic mass is 32.2. The Morgan fingerprint density at radius 3 is 2.86 bits per heavy atom. The molecule has 2 N–H and O–H groups in total. The van der Waals surface area contributed by atoms with E-state index in [0.29, 0.717) is 23.2 Å². The minimum Gasteiger partial charge on any atom is -0.504 e. The van der Waals surface area contributed by atoms with Crippen molar-refractivity contribution < 1.29 is 14.6 Å². The zero-order chi connectivity index (χ0) is 20.4. The van der Waals surface area contributed by atoms with Gasteiger partial charge in [-0.1, -0.05) is 43.0 Å². The van der Waals surface area contributed by atoms with Crippen LogP contribution in [0.3, 0.4) is 0 Å². The van der Waals surface area contributed by atoms with E-state index in [1.807, 2.05) is 31.2 Å². The van der Waals surface area contributed by atoms with Gasteiger partial charge in [-0.15, -0.1) is 5.10 Å². The lowest BCUT2D eigenvalue weighted by Gasteiger charge is -2.34. The van der Waals surface area contributed by atoms with Crippen molar-refractivity contribution in [3.05, 3.63) is 58.6 Å². The molecule has 0 bridgehead atoms. The van der Waals surface area contributed by atoms with Gasteiger partial charge in [-0.3, -0.25) is 15.1 Å². The number of benzene rings is 2. The number of amides is 1. The summed E-state index contributed by atoms with van der Waals surface area (Å²) in [7, 11) is 0. The monoisotopic (exact) mass is 410 g/mol. The molecule has 8 heteroatoms. The van der Waals surface area contributed by atoms with Crippen molar-refractivity contribution in [1.82, 2.24) is 10.3 Å². The quantitative estimate of drug-likeness (QED) is 0.788. The van der Waals surface area contributed by atoms with Gasteiger partial charge in [0, 0.05) is 16.5 Å². The maximum absolute atomic E-state index is 13.0. The molecule has 150 valence electrons. The van der Waals surface area contributed by atoms with Gasteiger partial charge in [-0.2, -0.15) is 0 Å². The highest BCUT2D eigenvalue weighted by molar-refractivity contribution is 8.13. The number of hydrogen-bond acceptors (Lipinski definition) is 7. The first-order chi connectivity index (χ1) is 14.1. The average Bonchev–Trinajstić information content (AvgIpc) is 2.73. The Morgan fingerprint density at radius 2 is 2.07 bits per heavy atom. The first-order valence-electron chi connectivity index (χ1n) is 9.57. The molecule has 29 heavy (non-hydrogen) atoms. The second kappa shape index (κ2) is 8.16. The molecule has 0 radical (unpaired) electrons. The molecule has 0 saturated carbocycles. The van der Waals surface area contributed by atoms with Gasteiger partial charge in [0.25, 0.3) is 5.91 Å². The third-order valence-corrected chi connectivity index (χ3v) is 5.61. The number of para-hydroxylation sites is 1. The van der Waals surface area contributed by atoms with E-state index in [4.69, 9.17) is 14.8 Å². The SMILES string of the molecule is CCCSC1=NN2C(=c3ccccc3=NC2c2ccc(O)c(OCC)c2)C(=O)N1. The van der Waals surface area contributed by atoms with Gasteiger partial charge in [-0.05, 0) is 31.5 Å². The first kappa shape index (κ1) is 19.3. The molecule has 0 saturated heterocycles. The van der Waals surface area contributed by atoms with Gasteiger partial charge in [0.15, 0.2) is 22.8 Å². The Morgan fingerprint density at radius 1 is 1.24 bits per heavy atom. The van der Waals surface area contributed by atoms with E-state index >= 15 is 0 Å². The zero-order valence-electron chi connectivity index (χ0n) is 16.3. The number of phenols is 1. The fourth-order valence-corrected chi connectivity index (χ4v) is 3.98. The molecule has 0 aromatic heterocycles. The Balaban J connectivity index is 1.87. The molecule has 0 fully saturated rings. The van der Waals surface area contributed by atoms with E-state index in [2.05, 4.69) is 12.2 Å². The summed E-state index contributed by atoms with van der Waals surface area (Å²) in [5, 5.41) is 21.4. The number of nitrogens with zero attached hydrogens (tertiary/aromatic N) is 3. The Kier molecular flexibility index (Phi) is 5.44. The number of hydrazone groups is 1. The van der Waals surface area contributed by atoms with Gasteiger partial charge in [0.2, 0.25) is 0 Å². The van der Waals surface area contributed by atoms with Crippen molar-refractivity contribution in [3.63, 3.8) is 0 Å². The molecule has 2 aliphatic rings. The molecule has 1 amide bonds. The van der Waals surface area contributed by atoms with Crippen molar-refractivity contribution in [2.45, 2.75) is 26.4 Å². The van der Waals surface area contributed by atoms with Gasteiger partial charge >= 0.3 is 0 Å². The van der Waals surface area contributed by atoms with E-state index in [1.165, 1.54) is 11.8 Å². The number of nitrogens with one attached hydrogen (secondary N) is 1. The second-order valence-corrected chi connectivity index (χ2v) is 7.66. The van der Waals surface area contributed by atoms with Crippen molar-refractivity contribution in [1.29, 1.82) is 0 Å². The summed E-state index contributed by atoms with van der Waals surface area (Å²) < 4.78 is 5.53. The number of fused-ring (bicyclic) bond motifs is 2. The van der Waals surface area contributed by atoms with Crippen LogP contribution in [0.15, 0.2) is 52.6 Å². The lowest BCUT2D eigenvalue weighted by molar-refractivity contribution is -0.116. The lowest BCUT2D eigenvalue weighted by Crippen LogP contribution is -2.50. The molecule has 2 aliphatic heterocycles. The van der Waals surface area contributed by atoms with Gasteiger partial charge in [-0.25, -0.2) is 5.01 Å². The number of rotatable bonds is 5. The number of hydrogen-bond donors (Lipinski definition) is 2. The largest absolute Gasteiger partial charge is 0.504 e. The van der Waals surface area contributed by atoms with Gasteiger partial charge < -0.3 is 9.84 Å². The van der Waals surface area contributed by atoms with Crippen LogP contribution in [0, 0.1) is 0 Å². The number of aromatic hydroxyl groups is 1. The summed E-state index contributed by atoms with van der Waals surface area (Å²) in [6.45, 7) is 4.37. The first-order valence-corrected chi connectivity index (χ1v) is 10.6. The minimum absolute atomic E-state index is 0.0649. The molecular weight excluding hydrogens is 388 g/mol. The summed E-state index contributed by atoms with van der Waals surface area (Å²) >= 11 is 1.51. The van der Waals surface area contributed by atoms with Gasteiger partial charge in [0.05, 0.1) is 12.0 Å². The summed E-state index contributed by atoms with van der Waals surface area (Å²) in [6, 6.07) is 12.6. The third-order valence-electron chi connectivity index (χ3n) is 4.54. The van der Waals surface area contributed by atoms with Crippen LogP contribution < -0.4 is 20.6 Å². The van der Waals surface area contributed by atoms with Gasteiger partial charge in [0.1, 0.15) is 5.70 Å². The van der Waals surface area contributed by atoms with Crippen LogP contribution in [0.2, 0.25) is 0 Å². The number of carbonyl (C=O) groups is 1. The van der Waals surface area contributed by atoms with Crippen LogP contribution in [-0.4, -0.2) is 33.6 Å². The number of carbonyl (C=O) groups excluding carboxylic acids is 1. The van der Waals surface area contributed by atoms with Crippen LogP contribution >= 0.6 is 11.8 Å². The van der Waals surface area contributed by atoms with Crippen LogP contribution in [0.4, 0.5) is 0 Å². The highest BCUT2D eigenvalue weighted by Gasteiger charge is 2.34. The summed E-state index contributed by atoms with van der Waals surface area (Å²) in [5.41, 5.74) is 1.24. The van der Waals surface area contributed by atoms with E-state index in [0.717, 1.165) is 28.3 Å². The lowest BCUT2D eigenvalue weighted by atomic mass is 10.1. The molecule has 1 atom stereocenters. The van der Waals surface area contributed by atoms with Crippen molar-refractivity contribution in [2.24, 2.45) is 10.1 Å². The van der Waals surface area contributed by atoms with Crippen LogP contribution in [0.1, 0.15) is 32.0 Å². The van der Waals surface area contributed by atoms with Crippen molar-refractivity contribution in [2.75, 3.05) is 12.4 Å². The Labute approximate surface area is 172 Å². The third kappa shape index (κ3) is 3.67. The molecular formula is C21H22N4O3S. The summed E-state index contributed by atoms with van der Waals surface area (Å²) in [6.07, 6.45) is 0.436. The molecule has 2 heterocycles. The smallest absolute Gasteiger partial charge is 0.276 e.